The molecule has 0 unspecified atom stereocenters. The third-order valence-corrected chi connectivity index (χ3v) is 3.80. The highest BCUT2D eigenvalue weighted by atomic mass is 15.2. The number of rotatable bonds is 5. The first-order valence-corrected chi connectivity index (χ1v) is 7.92. The second-order valence-electron chi connectivity index (χ2n) is 6.00. The minimum atomic E-state index is 0.603. The molecule has 1 aliphatic heterocycles. The second kappa shape index (κ2) is 7.33. The Labute approximate surface area is 128 Å². The van der Waals surface area contributed by atoms with Crippen molar-refractivity contribution in [2.24, 2.45) is 5.92 Å². The smallest absolute Gasteiger partial charge is 0.101 e. The SMILES string of the molecule is CCNc1cc(C#N)c(N2CCNCC2)cc1CC(C)C. The summed E-state index contributed by atoms with van der Waals surface area (Å²) in [5.41, 5.74) is 4.30. The van der Waals surface area contributed by atoms with Gasteiger partial charge in [-0.15, -0.1) is 0 Å². The lowest BCUT2D eigenvalue weighted by atomic mass is 9.97. The lowest BCUT2D eigenvalue weighted by Gasteiger charge is -2.31. The maximum atomic E-state index is 9.49. The molecule has 0 atom stereocenters. The molecular weight excluding hydrogens is 260 g/mol. The van der Waals surface area contributed by atoms with Crippen molar-refractivity contribution in [1.29, 1.82) is 5.26 Å². The van der Waals surface area contributed by atoms with E-state index >= 15 is 0 Å². The van der Waals surface area contributed by atoms with Crippen LogP contribution in [-0.2, 0) is 6.42 Å². The molecule has 2 N–H and O–H groups in total. The first-order valence-electron chi connectivity index (χ1n) is 7.92. The predicted octanol–water partition coefficient (Wildman–Crippen LogP) is 2.60. The predicted molar refractivity (Wildman–Crippen MR) is 88.9 cm³/mol. The zero-order chi connectivity index (χ0) is 15.2. The highest BCUT2D eigenvalue weighted by molar-refractivity contribution is 5.69. The van der Waals surface area contributed by atoms with Gasteiger partial charge in [0.2, 0.25) is 0 Å². The number of piperazine rings is 1. The second-order valence-corrected chi connectivity index (χ2v) is 6.00. The number of hydrogen-bond acceptors (Lipinski definition) is 4. The van der Waals surface area contributed by atoms with Gasteiger partial charge in [0.25, 0.3) is 0 Å². The average molecular weight is 286 g/mol. The van der Waals surface area contributed by atoms with Crippen molar-refractivity contribution in [3.63, 3.8) is 0 Å². The topological polar surface area (TPSA) is 51.1 Å². The van der Waals surface area contributed by atoms with Crippen LogP contribution in [0.15, 0.2) is 12.1 Å². The van der Waals surface area contributed by atoms with Crippen LogP contribution in [0.3, 0.4) is 0 Å². The van der Waals surface area contributed by atoms with Crippen molar-refractivity contribution in [2.75, 3.05) is 42.9 Å². The molecule has 21 heavy (non-hydrogen) atoms. The first-order chi connectivity index (χ1) is 10.2. The maximum Gasteiger partial charge on any atom is 0.101 e. The average Bonchev–Trinajstić information content (AvgIpc) is 2.49. The highest BCUT2D eigenvalue weighted by Crippen LogP contribution is 2.30. The van der Waals surface area contributed by atoms with Crippen molar-refractivity contribution in [3.8, 4) is 6.07 Å². The van der Waals surface area contributed by atoms with Crippen LogP contribution < -0.4 is 15.5 Å². The Morgan fingerprint density at radius 1 is 1.33 bits per heavy atom. The molecule has 0 aliphatic carbocycles. The summed E-state index contributed by atoms with van der Waals surface area (Å²) in [6.45, 7) is 11.3. The summed E-state index contributed by atoms with van der Waals surface area (Å²) in [6, 6.07) is 6.62. The molecule has 0 spiro atoms. The minimum absolute atomic E-state index is 0.603. The Morgan fingerprint density at radius 3 is 2.62 bits per heavy atom. The van der Waals surface area contributed by atoms with E-state index in [0.29, 0.717) is 5.92 Å². The molecule has 1 aliphatic rings. The zero-order valence-corrected chi connectivity index (χ0v) is 13.4. The fourth-order valence-corrected chi connectivity index (χ4v) is 2.85. The summed E-state index contributed by atoms with van der Waals surface area (Å²) in [5, 5.41) is 16.3. The zero-order valence-electron chi connectivity index (χ0n) is 13.4. The molecular formula is C17H26N4. The molecule has 4 nitrogen and oxygen atoms in total. The molecule has 1 aromatic rings. The number of nitrogens with one attached hydrogen (secondary N) is 2. The Morgan fingerprint density at radius 2 is 2.05 bits per heavy atom. The molecule has 0 saturated carbocycles. The lowest BCUT2D eigenvalue weighted by Crippen LogP contribution is -2.43. The Bertz CT molecular complexity index is 510. The van der Waals surface area contributed by atoms with Gasteiger partial charge in [0.05, 0.1) is 11.3 Å². The number of benzene rings is 1. The van der Waals surface area contributed by atoms with Gasteiger partial charge < -0.3 is 15.5 Å². The fraction of sp³-hybridized carbons (Fsp3) is 0.588. The summed E-state index contributed by atoms with van der Waals surface area (Å²) >= 11 is 0. The van der Waals surface area contributed by atoms with E-state index in [4.69, 9.17) is 0 Å². The van der Waals surface area contributed by atoms with Crippen LogP contribution in [0.25, 0.3) is 0 Å². The van der Waals surface area contributed by atoms with E-state index in [9.17, 15) is 5.26 Å². The van der Waals surface area contributed by atoms with E-state index < -0.39 is 0 Å². The number of anilines is 2. The van der Waals surface area contributed by atoms with Crippen molar-refractivity contribution < 1.29 is 0 Å². The largest absolute Gasteiger partial charge is 0.385 e. The Hall–Kier alpha value is -1.73. The molecule has 1 fully saturated rings. The maximum absolute atomic E-state index is 9.49. The standard InChI is InChI=1S/C17H26N4/c1-4-20-16-10-15(12-18)17(11-14(16)9-13(2)3)21-7-5-19-6-8-21/h10-11,13,19-20H,4-9H2,1-3H3. The van der Waals surface area contributed by atoms with Crippen molar-refractivity contribution in [3.05, 3.63) is 23.3 Å². The third kappa shape index (κ3) is 3.89. The first kappa shape index (κ1) is 15.7. The summed E-state index contributed by atoms with van der Waals surface area (Å²) in [7, 11) is 0. The number of nitriles is 1. The van der Waals surface area contributed by atoms with Gasteiger partial charge in [-0.25, -0.2) is 0 Å². The van der Waals surface area contributed by atoms with E-state index in [1.807, 2.05) is 6.07 Å². The molecule has 0 amide bonds. The fourth-order valence-electron chi connectivity index (χ4n) is 2.85. The van der Waals surface area contributed by atoms with Crippen molar-refractivity contribution in [2.45, 2.75) is 27.2 Å². The molecule has 0 aromatic heterocycles. The quantitative estimate of drug-likeness (QED) is 0.873. The van der Waals surface area contributed by atoms with Gasteiger partial charge in [0.1, 0.15) is 6.07 Å². The van der Waals surface area contributed by atoms with Crippen LogP contribution in [-0.4, -0.2) is 32.7 Å². The molecule has 4 heteroatoms. The van der Waals surface area contributed by atoms with Crippen LogP contribution >= 0.6 is 0 Å². The van der Waals surface area contributed by atoms with Gasteiger partial charge in [-0.2, -0.15) is 5.26 Å². The molecule has 114 valence electrons. The number of nitrogens with zero attached hydrogens (tertiary/aromatic N) is 2. The van der Waals surface area contributed by atoms with Crippen LogP contribution in [0.1, 0.15) is 31.9 Å². The van der Waals surface area contributed by atoms with E-state index in [-0.39, 0.29) is 0 Å². The van der Waals surface area contributed by atoms with Gasteiger partial charge in [-0.1, -0.05) is 13.8 Å². The van der Waals surface area contributed by atoms with Crippen LogP contribution in [0, 0.1) is 17.2 Å². The third-order valence-electron chi connectivity index (χ3n) is 3.80. The molecule has 1 saturated heterocycles. The molecule has 2 rings (SSSR count). The molecule has 1 aromatic carbocycles. The summed E-state index contributed by atoms with van der Waals surface area (Å²) in [4.78, 5) is 2.33. The van der Waals surface area contributed by atoms with Crippen molar-refractivity contribution >= 4 is 11.4 Å². The molecule has 1 heterocycles. The van der Waals surface area contributed by atoms with E-state index in [2.05, 4.69) is 48.4 Å². The van der Waals surface area contributed by atoms with E-state index in [1.54, 1.807) is 0 Å². The van der Waals surface area contributed by atoms with Crippen LogP contribution in [0.4, 0.5) is 11.4 Å². The van der Waals surface area contributed by atoms with Gasteiger partial charge in [0, 0.05) is 38.4 Å². The summed E-state index contributed by atoms with van der Waals surface area (Å²) in [5.74, 6) is 0.603. The van der Waals surface area contributed by atoms with Gasteiger partial charge in [-0.05, 0) is 37.0 Å². The normalized spacial score (nSPS) is 15.1. The van der Waals surface area contributed by atoms with Crippen LogP contribution in [0.2, 0.25) is 0 Å². The van der Waals surface area contributed by atoms with Crippen LogP contribution in [0.5, 0.6) is 0 Å². The van der Waals surface area contributed by atoms with E-state index in [1.165, 1.54) is 5.56 Å². The Balaban J connectivity index is 2.40. The molecule has 0 radical (unpaired) electrons. The van der Waals surface area contributed by atoms with Gasteiger partial charge in [0.15, 0.2) is 0 Å². The summed E-state index contributed by atoms with van der Waals surface area (Å²) in [6.07, 6.45) is 1.03. The lowest BCUT2D eigenvalue weighted by molar-refractivity contribution is 0.588. The molecule has 0 bridgehead atoms. The van der Waals surface area contributed by atoms with E-state index in [0.717, 1.165) is 56.1 Å². The monoisotopic (exact) mass is 286 g/mol. The number of hydrogen-bond donors (Lipinski definition) is 2. The highest BCUT2D eigenvalue weighted by Gasteiger charge is 2.17. The Kier molecular flexibility index (Phi) is 5.46. The summed E-state index contributed by atoms with van der Waals surface area (Å²) < 4.78 is 0. The van der Waals surface area contributed by atoms with Crippen molar-refractivity contribution in [1.82, 2.24) is 5.32 Å². The van der Waals surface area contributed by atoms with Gasteiger partial charge in [-0.3, -0.25) is 0 Å². The minimum Gasteiger partial charge on any atom is -0.385 e. The van der Waals surface area contributed by atoms with Gasteiger partial charge >= 0.3 is 0 Å².